The molecule has 0 fully saturated rings. The summed E-state index contributed by atoms with van der Waals surface area (Å²) >= 11 is 1.80. The maximum absolute atomic E-state index is 8.69. The van der Waals surface area contributed by atoms with Crippen molar-refractivity contribution in [3.63, 3.8) is 0 Å². The molecule has 4 N–H and O–H groups in total. The third-order valence-electron chi connectivity index (χ3n) is 3.46. The van der Waals surface area contributed by atoms with Gasteiger partial charge in [-0.15, -0.1) is 11.3 Å². The fraction of sp³-hybridized carbons (Fsp3) is 0.643. The number of hydrogen-bond acceptors (Lipinski definition) is 4. The number of aryl methyl sites for hydroxylation is 1. The van der Waals surface area contributed by atoms with E-state index in [1.807, 2.05) is 13.8 Å². The molecular formula is C14H25N3OS. The van der Waals surface area contributed by atoms with Crippen LogP contribution >= 0.6 is 11.3 Å². The van der Waals surface area contributed by atoms with E-state index in [0.717, 1.165) is 32.4 Å². The summed E-state index contributed by atoms with van der Waals surface area (Å²) < 4.78 is 0. The van der Waals surface area contributed by atoms with Gasteiger partial charge in [-0.05, 0) is 43.3 Å². The Bertz CT molecular complexity index is 413. The van der Waals surface area contributed by atoms with Crippen LogP contribution in [0, 0.1) is 12.3 Å². The molecule has 0 aliphatic rings. The second kappa shape index (κ2) is 7.50. The van der Waals surface area contributed by atoms with Gasteiger partial charge in [-0.2, -0.15) is 0 Å². The Hall–Kier alpha value is -1.07. The van der Waals surface area contributed by atoms with E-state index in [0.29, 0.717) is 5.84 Å². The van der Waals surface area contributed by atoms with Gasteiger partial charge >= 0.3 is 0 Å². The number of thiophene rings is 1. The SMILES string of the molecule is Cc1ccsc1CNCCCCC(C)(C)/C(N)=N/O. The molecule has 4 nitrogen and oxygen atoms in total. The van der Waals surface area contributed by atoms with Crippen LogP contribution in [0.25, 0.3) is 0 Å². The quantitative estimate of drug-likeness (QED) is 0.226. The first-order valence-corrected chi connectivity index (χ1v) is 7.57. The number of oxime groups is 1. The molecule has 5 heteroatoms. The molecule has 108 valence electrons. The zero-order valence-electron chi connectivity index (χ0n) is 12.1. The number of nitrogens with one attached hydrogen (secondary N) is 1. The summed E-state index contributed by atoms with van der Waals surface area (Å²) in [5.74, 6) is 0.315. The first-order chi connectivity index (χ1) is 8.97. The topological polar surface area (TPSA) is 70.6 Å². The Morgan fingerprint density at radius 3 is 2.79 bits per heavy atom. The molecule has 0 aliphatic heterocycles. The molecule has 1 aromatic heterocycles. The summed E-state index contributed by atoms with van der Waals surface area (Å²) in [6, 6.07) is 2.15. The largest absolute Gasteiger partial charge is 0.409 e. The second-order valence-corrected chi connectivity index (χ2v) is 6.53. The van der Waals surface area contributed by atoms with Crippen LogP contribution in [-0.4, -0.2) is 17.6 Å². The summed E-state index contributed by atoms with van der Waals surface area (Å²) in [7, 11) is 0. The van der Waals surface area contributed by atoms with E-state index in [1.165, 1.54) is 10.4 Å². The van der Waals surface area contributed by atoms with E-state index in [4.69, 9.17) is 10.9 Å². The van der Waals surface area contributed by atoms with Gasteiger partial charge in [0.2, 0.25) is 0 Å². The fourth-order valence-corrected chi connectivity index (χ4v) is 2.74. The molecule has 0 bridgehead atoms. The normalized spacial score (nSPS) is 12.9. The van der Waals surface area contributed by atoms with Gasteiger partial charge in [-0.25, -0.2) is 0 Å². The van der Waals surface area contributed by atoms with Gasteiger partial charge in [0.15, 0.2) is 0 Å². The summed E-state index contributed by atoms with van der Waals surface area (Å²) in [6.45, 7) is 8.11. The highest BCUT2D eigenvalue weighted by Crippen LogP contribution is 2.23. The summed E-state index contributed by atoms with van der Waals surface area (Å²) in [4.78, 5) is 1.41. The maximum Gasteiger partial charge on any atom is 0.144 e. The number of nitrogens with two attached hydrogens (primary N) is 1. The van der Waals surface area contributed by atoms with Crippen LogP contribution in [0.15, 0.2) is 16.6 Å². The smallest absolute Gasteiger partial charge is 0.144 e. The fourth-order valence-electron chi connectivity index (χ4n) is 1.87. The molecule has 0 saturated heterocycles. The van der Waals surface area contributed by atoms with Crippen LogP contribution in [0.5, 0.6) is 0 Å². The zero-order chi connectivity index (χ0) is 14.3. The molecule has 1 rings (SSSR count). The minimum Gasteiger partial charge on any atom is -0.409 e. The Morgan fingerprint density at radius 1 is 1.47 bits per heavy atom. The highest BCUT2D eigenvalue weighted by Gasteiger charge is 2.22. The molecular weight excluding hydrogens is 258 g/mol. The number of nitrogens with zero attached hydrogens (tertiary/aromatic N) is 1. The summed E-state index contributed by atoms with van der Waals surface area (Å²) in [5, 5.41) is 17.4. The van der Waals surface area contributed by atoms with Gasteiger partial charge in [0, 0.05) is 16.8 Å². The highest BCUT2D eigenvalue weighted by molar-refractivity contribution is 7.10. The van der Waals surface area contributed by atoms with E-state index in [2.05, 4.69) is 28.8 Å². The minimum absolute atomic E-state index is 0.223. The second-order valence-electron chi connectivity index (χ2n) is 5.53. The molecule has 1 heterocycles. The Kier molecular flexibility index (Phi) is 6.31. The maximum atomic E-state index is 8.69. The van der Waals surface area contributed by atoms with Gasteiger partial charge in [-0.1, -0.05) is 25.4 Å². The Labute approximate surface area is 119 Å². The van der Waals surface area contributed by atoms with Crippen molar-refractivity contribution in [1.82, 2.24) is 5.32 Å². The van der Waals surface area contributed by atoms with Crippen LogP contribution in [0.4, 0.5) is 0 Å². The van der Waals surface area contributed by atoms with Crippen molar-refractivity contribution in [1.29, 1.82) is 0 Å². The highest BCUT2D eigenvalue weighted by atomic mass is 32.1. The molecule has 19 heavy (non-hydrogen) atoms. The number of amidine groups is 1. The first-order valence-electron chi connectivity index (χ1n) is 6.69. The van der Waals surface area contributed by atoms with E-state index in [1.54, 1.807) is 11.3 Å². The van der Waals surface area contributed by atoms with Crippen molar-refractivity contribution in [3.8, 4) is 0 Å². The van der Waals surface area contributed by atoms with Crippen LogP contribution in [0.1, 0.15) is 43.6 Å². The summed E-state index contributed by atoms with van der Waals surface area (Å²) in [5.41, 5.74) is 6.80. The number of rotatable bonds is 8. The van der Waals surface area contributed by atoms with Gasteiger partial charge in [0.1, 0.15) is 5.84 Å². The molecule has 0 radical (unpaired) electrons. The predicted octanol–water partition coefficient (Wildman–Crippen LogP) is 3.09. The zero-order valence-corrected chi connectivity index (χ0v) is 12.9. The average Bonchev–Trinajstić information content (AvgIpc) is 2.78. The molecule has 0 atom stereocenters. The Balaban J connectivity index is 2.14. The van der Waals surface area contributed by atoms with Crippen molar-refractivity contribution >= 4 is 17.2 Å². The molecule has 0 saturated carbocycles. The average molecular weight is 283 g/mol. The van der Waals surface area contributed by atoms with Crippen molar-refractivity contribution in [3.05, 3.63) is 21.9 Å². The molecule has 0 unspecified atom stereocenters. The van der Waals surface area contributed by atoms with E-state index in [-0.39, 0.29) is 5.41 Å². The van der Waals surface area contributed by atoms with E-state index >= 15 is 0 Å². The summed E-state index contributed by atoms with van der Waals surface area (Å²) in [6.07, 6.45) is 3.11. The van der Waals surface area contributed by atoms with Crippen molar-refractivity contribution in [2.75, 3.05) is 6.54 Å². The molecule has 1 aromatic rings. The standard InChI is InChI=1S/C14H25N3OS/c1-11-6-9-19-12(11)10-16-8-5-4-7-14(2,3)13(15)17-18/h6,9,16,18H,4-5,7-8,10H2,1-3H3,(H2,15,17). The number of hydrogen-bond donors (Lipinski definition) is 3. The van der Waals surface area contributed by atoms with Crippen LogP contribution in [-0.2, 0) is 6.54 Å². The molecule has 0 aliphatic carbocycles. The third kappa shape index (κ3) is 5.20. The lowest BCUT2D eigenvalue weighted by molar-refractivity contribution is 0.304. The van der Waals surface area contributed by atoms with Gasteiger partial charge < -0.3 is 16.3 Å². The van der Waals surface area contributed by atoms with Crippen LogP contribution in [0.2, 0.25) is 0 Å². The van der Waals surface area contributed by atoms with Crippen molar-refractivity contribution < 1.29 is 5.21 Å². The molecule has 0 amide bonds. The van der Waals surface area contributed by atoms with Gasteiger partial charge in [0.25, 0.3) is 0 Å². The van der Waals surface area contributed by atoms with Crippen LogP contribution < -0.4 is 11.1 Å². The number of unbranched alkanes of at least 4 members (excludes halogenated alkanes) is 1. The lowest BCUT2D eigenvalue weighted by Crippen LogP contribution is -2.32. The van der Waals surface area contributed by atoms with E-state index < -0.39 is 0 Å². The van der Waals surface area contributed by atoms with Crippen molar-refractivity contribution in [2.24, 2.45) is 16.3 Å². The van der Waals surface area contributed by atoms with Gasteiger partial charge in [0.05, 0.1) is 0 Å². The predicted molar refractivity (Wildman–Crippen MR) is 81.8 cm³/mol. The van der Waals surface area contributed by atoms with Gasteiger partial charge in [-0.3, -0.25) is 0 Å². The van der Waals surface area contributed by atoms with Crippen molar-refractivity contribution in [2.45, 2.75) is 46.6 Å². The Morgan fingerprint density at radius 2 is 2.21 bits per heavy atom. The van der Waals surface area contributed by atoms with E-state index in [9.17, 15) is 0 Å². The lowest BCUT2D eigenvalue weighted by atomic mass is 9.86. The molecule has 0 aromatic carbocycles. The van der Waals surface area contributed by atoms with Crippen LogP contribution in [0.3, 0.4) is 0 Å². The molecule has 0 spiro atoms. The first kappa shape index (κ1) is 16.0. The lowest BCUT2D eigenvalue weighted by Gasteiger charge is -2.22. The third-order valence-corrected chi connectivity index (χ3v) is 4.48. The minimum atomic E-state index is -0.223. The monoisotopic (exact) mass is 283 g/mol.